The van der Waals surface area contributed by atoms with Gasteiger partial charge in [0.15, 0.2) is 5.17 Å². The van der Waals surface area contributed by atoms with Gasteiger partial charge in [0, 0.05) is 18.1 Å². The molecule has 3 aromatic rings. The van der Waals surface area contributed by atoms with Crippen LogP contribution in [0.5, 0.6) is 0 Å². The summed E-state index contributed by atoms with van der Waals surface area (Å²) in [5.74, 6) is -0.117. The summed E-state index contributed by atoms with van der Waals surface area (Å²) in [6.45, 7) is 0. The molecular formula is C20H15N3OS. The number of carbonyl (C=O) groups is 1. The fraction of sp³-hybridized carbons (Fsp3) is 0. The highest BCUT2D eigenvalue weighted by Gasteiger charge is 2.23. The number of aliphatic imine (C=N–C) groups is 1. The minimum absolute atomic E-state index is 0.117. The van der Waals surface area contributed by atoms with E-state index in [9.17, 15) is 4.79 Å². The van der Waals surface area contributed by atoms with Gasteiger partial charge in [0.25, 0.3) is 5.91 Å². The monoisotopic (exact) mass is 345 g/mol. The Balaban J connectivity index is 1.53. The van der Waals surface area contributed by atoms with Crippen LogP contribution in [-0.2, 0) is 4.79 Å². The molecule has 5 heteroatoms. The largest absolute Gasteiger partial charge is 0.324 e. The van der Waals surface area contributed by atoms with Gasteiger partial charge in [-0.3, -0.25) is 4.79 Å². The lowest BCUT2D eigenvalue weighted by atomic mass is 10.2. The van der Waals surface area contributed by atoms with Crippen molar-refractivity contribution in [2.24, 2.45) is 4.99 Å². The molecule has 4 rings (SSSR count). The highest BCUT2D eigenvalue weighted by atomic mass is 32.2. The number of rotatable bonds is 3. The number of thioether (sulfide) groups is 1. The molecule has 0 bridgehead atoms. The Morgan fingerprint density at radius 2 is 1.64 bits per heavy atom. The molecule has 0 unspecified atom stereocenters. The summed E-state index contributed by atoms with van der Waals surface area (Å²) < 4.78 is 2.04. The second-order valence-electron chi connectivity index (χ2n) is 5.50. The third kappa shape index (κ3) is 3.56. The van der Waals surface area contributed by atoms with E-state index < -0.39 is 0 Å². The first-order chi connectivity index (χ1) is 12.3. The zero-order chi connectivity index (χ0) is 17.1. The van der Waals surface area contributed by atoms with Crippen LogP contribution in [0, 0.1) is 0 Å². The third-order valence-corrected chi connectivity index (χ3v) is 4.64. The summed E-state index contributed by atoms with van der Waals surface area (Å²) in [5.41, 5.74) is 2.89. The Labute approximate surface area is 149 Å². The number of carbonyl (C=O) groups excluding carboxylic acids is 1. The highest BCUT2D eigenvalue weighted by Crippen LogP contribution is 2.28. The minimum Gasteiger partial charge on any atom is -0.324 e. The van der Waals surface area contributed by atoms with Crippen LogP contribution in [0.4, 0.5) is 5.69 Å². The van der Waals surface area contributed by atoms with Crippen molar-refractivity contribution in [2.75, 3.05) is 0 Å². The summed E-state index contributed by atoms with van der Waals surface area (Å²) in [6.07, 6.45) is 5.88. The molecule has 0 atom stereocenters. The zero-order valence-electron chi connectivity index (χ0n) is 13.3. The van der Waals surface area contributed by atoms with Crippen LogP contribution < -0.4 is 5.32 Å². The molecule has 0 spiro atoms. The molecule has 1 saturated heterocycles. The van der Waals surface area contributed by atoms with Gasteiger partial charge in [-0.05, 0) is 59.8 Å². The maximum Gasteiger partial charge on any atom is 0.264 e. The maximum atomic E-state index is 12.1. The summed E-state index contributed by atoms with van der Waals surface area (Å²) >= 11 is 1.36. The van der Waals surface area contributed by atoms with Gasteiger partial charge in [-0.15, -0.1) is 0 Å². The van der Waals surface area contributed by atoms with E-state index in [1.807, 2.05) is 89.8 Å². The molecule has 1 aliphatic rings. The van der Waals surface area contributed by atoms with Crippen molar-refractivity contribution in [1.29, 1.82) is 0 Å². The molecule has 2 aromatic carbocycles. The van der Waals surface area contributed by atoms with Gasteiger partial charge >= 0.3 is 0 Å². The minimum atomic E-state index is -0.117. The Morgan fingerprint density at radius 3 is 2.36 bits per heavy atom. The first-order valence-electron chi connectivity index (χ1n) is 7.86. The molecule has 1 aromatic heterocycles. The van der Waals surface area contributed by atoms with Crippen molar-refractivity contribution in [3.63, 3.8) is 0 Å². The summed E-state index contributed by atoms with van der Waals surface area (Å²) in [5, 5.41) is 3.41. The maximum absolute atomic E-state index is 12.1. The highest BCUT2D eigenvalue weighted by molar-refractivity contribution is 8.18. The number of aromatic nitrogens is 1. The Kier molecular flexibility index (Phi) is 4.23. The topological polar surface area (TPSA) is 46.4 Å². The Bertz CT molecular complexity index is 942. The fourth-order valence-electron chi connectivity index (χ4n) is 2.50. The van der Waals surface area contributed by atoms with Crippen LogP contribution >= 0.6 is 11.8 Å². The molecule has 122 valence electrons. The molecule has 1 aliphatic heterocycles. The number of hydrogen-bond acceptors (Lipinski definition) is 3. The third-order valence-electron chi connectivity index (χ3n) is 3.73. The summed E-state index contributed by atoms with van der Waals surface area (Å²) in [4.78, 5) is 17.2. The number of benzene rings is 2. The van der Waals surface area contributed by atoms with E-state index in [0.29, 0.717) is 10.1 Å². The Hall–Kier alpha value is -3.05. The number of nitrogens with one attached hydrogen (secondary N) is 1. The van der Waals surface area contributed by atoms with Crippen LogP contribution in [0.1, 0.15) is 5.56 Å². The molecule has 4 nitrogen and oxygen atoms in total. The second kappa shape index (κ2) is 6.83. The number of amidine groups is 1. The number of hydrogen-bond donors (Lipinski definition) is 1. The van der Waals surface area contributed by atoms with E-state index in [1.54, 1.807) is 0 Å². The first-order valence-corrected chi connectivity index (χ1v) is 8.68. The standard InChI is InChI=1S/C20H15N3OS/c24-19-18(25-20(22-19)21-16-6-2-1-3-7-16)14-15-8-10-17(11-9-15)23-12-4-5-13-23/h1-14H,(H,21,22,24). The van der Waals surface area contributed by atoms with Crippen molar-refractivity contribution in [2.45, 2.75) is 0 Å². The van der Waals surface area contributed by atoms with E-state index in [0.717, 1.165) is 16.9 Å². The summed E-state index contributed by atoms with van der Waals surface area (Å²) in [7, 11) is 0. The molecule has 0 radical (unpaired) electrons. The molecule has 0 saturated carbocycles. The van der Waals surface area contributed by atoms with Crippen molar-refractivity contribution >= 4 is 34.6 Å². The lowest BCUT2D eigenvalue weighted by Crippen LogP contribution is -2.19. The zero-order valence-corrected chi connectivity index (χ0v) is 14.1. The van der Waals surface area contributed by atoms with Gasteiger partial charge in [0.1, 0.15) is 0 Å². The fourth-order valence-corrected chi connectivity index (χ4v) is 3.34. The normalized spacial score (nSPS) is 17.2. The van der Waals surface area contributed by atoms with Crippen LogP contribution in [0.3, 0.4) is 0 Å². The van der Waals surface area contributed by atoms with E-state index in [2.05, 4.69) is 10.3 Å². The van der Waals surface area contributed by atoms with Crippen LogP contribution in [0.2, 0.25) is 0 Å². The van der Waals surface area contributed by atoms with Crippen LogP contribution in [0.15, 0.2) is 89.0 Å². The van der Waals surface area contributed by atoms with E-state index in [-0.39, 0.29) is 5.91 Å². The van der Waals surface area contributed by atoms with Crippen molar-refractivity contribution in [1.82, 2.24) is 9.88 Å². The number of para-hydroxylation sites is 1. The average molecular weight is 345 g/mol. The quantitative estimate of drug-likeness (QED) is 0.717. The molecule has 0 aliphatic carbocycles. The summed E-state index contributed by atoms with van der Waals surface area (Å²) in [6, 6.07) is 21.6. The predicted octanol–water partition coefficient (Wildman–Crippen LogP) is 4.37. The smallest absolute Gasteiger partial charge is 0.264 e. The second-order valence-corrected chi connectivity index (χ2v) is 6.53. The van der Waals surface area contributed by atoms with Crippen molar-refractivity contribution in [3.05, 3.63) is 89.6 Å². The van der Waals surface area contributed by atoms with Crippen molar-refractivity contribution in [3.8, 4) is 5.69 Å². The molecule has 1 amide bonds. The Morgan fingerprint density at radius 1 is 0.920 bits per heavy atom. The van der Waals surface area contributed by atoms with Crippen LogP contribution in [-0.4, -0.2) is 15.6 Å². The van der Waals surface area contributed by atoms with Crippen LogP contribution in [0.25, 0.3) is 11.8 Å². The SMILES string of the molecule is O=C1NC(=Nc2ccccc2)SC1=Cc1ccc(-n2cccc2)cc1. The van der Waals surface area contributed by atoms with Gasteiger partial charge in [0.2, 0.25) is 0 Å². The van der Waals surface area contributed by atoms with Gasteiger partial charge in [-0.25, -0.2) is 4.99 Å². The predicted molar refractivity (Wildman–Crippen MR) is 103 cm³/mol. The number of nitrogens with zero attached hydrogens (tertiary/aromatic N) is 2. The van der Waals surface area contributed by atoms with Gasteiger partial charge < -0.3 is 9.88 Å². The lowest BCUT2D eigenvalue weighted by Gasteiger charge is -2.03. The lowest BCUT2D eigenvalue weighted by molar-refractivity contribution is -0.115. The van der Waals surface area contributed by atoms with Gasteiger partial charge in [0.05, 0.1) is 10.6 Å². The van der Waals surface area contributed by atoms with E-state index in [1.165, 1.54) is 11.8 Å². The average Bonchev–Trinajstić information content (AvgIpc) is 3.27. The van der Waals surface area contributed by atoms with E-state index >= 15 is 0 Å². The molecule has 2 heterocycles. The molecule has 1 N–H and O–H groups in total. The van der Waals surface area contributed by atoms with Gasteiger partial charge in [-0.2, -0.15) is 0 Å². The van der Waals surface area contributed by atoms with Gasteiger partial charge in [-0.1, -0.05) is 30.3 Å². The number of amides is 1. The van der Waals surface area contributed by atoms with Crippen molar-refractivity contribution < 1.29 is 4.79 Å². The molecule has 1 fully saturated rings. The first kappa shape index (κ1) is 15.5. The molecular weight excluding hydrogens is 330 g/mol. The van der Waals surface area contributed by atoms with E-state index in [4.69, 9.17) is 0 Å². The molecule has 25 heavy (non-hydrogen) atoms.